The molecule has 0 saturated carbocycles. The van der Waals surface area contributed by atoms with Crippen molar-refractivity contribution in [2.24, 2.45) is 5.73 Å². The third-order valence-corrected chi connectivity index (χ3v) is 3.25. The van der Waals surface area contributed by atoms with E-state index in [4.69, 9.17) is 10.8 Å². The van der Waals surface area contributed by atoms with Crippen molar-refractivity contribution < 1.29 is 19.5 Å². The van der Waals surface area contributed by atoms with Crippen molar-refractivity contribution in [3.8, 4) is 0 Å². The van der Waals surface area contributed by atoms with E-state index in [-0.39, 0.29) is 11.4 Å². The number of nitrogens with zero attached hydrogens (tertiary/aromatic N) is 1. The number of primary amides is 1. The van der Waals surface area contributed by atoms with Crippen molar-refractivity contribution >= 4 is 29.1 Å². The number of rotatable bonds is 6. The average molecular weight is 270 g/mol. The molecule has 0 aliphatic rings. The Kier molecular flexibility index (Phi) is 4.85. The molecule has 7 heteroatoms. The molecule has 0 fully saturated rings. The van der Waals surface area contributed by atoms with Crippen LogP contribution in [0.1, 0.15) is 32.7 Å². The molecule has 0 aromatic carbocycles. The molecule has 18 heavy (non-hydrogen) atoms. The Labute approximate surface area is 108 Å². The minimum atomic E-state index is -1.07. The van der Waals surface area contributed by atoms with Crippen LogP contribution in [0.15, 0.2) is 12.1 Å². The molecule has 3 N–H and O–H groups in total. The fourth-order valence-corrected chi connectivity index (χ4v) is 2.25. The Hall–Kier alpha value is -1.89. The van der Waals surface area contributed by atoms with Gasteiger partial charge in [0.05, 0.1) is 9.75 Å². The second-order valence-corrected chi connectivity index (χ2v) is 4.73. The number of aliphatic carboxylic acids is 1. The van der Waals surface area contributed by atoms with Crippen molar-refractivity contribution in [1.29, 1.82) is 0 Å². The van der Waals surface area contributed by atoms with Crippen LogP contribution in [0.4, 0.5) is 0 Å². The van der Waals surface area contributed by atoms with Gasteiger partial charge in [0.15, 0.2) is 0 Å². The first-order valence-corrected chi connectivity index (χ1v) is 6.18. The maximum atomic E-state index is 12.0. The number of thiophene rings is 1. The number of amides is 2. The molecule has 0 spiro atoms. The van der Waals surface area contributed by atoms with Gasteiger partial charge in [-0.3, -0.25) is 14.4 Å². The summed E-state index contributed by atoms with van der Waals surface area (Å²) < 4.78 is 0. The molecule has 0 aliphatic heterocycles. The first-order valence-electron chi connectivity index (χ1n) is 5.36. The lowest BCUT2D eigenvalue weighted by Gasteiger charge is -2.18. The highest BCUT2D eigenvalue weighted by atomic mass is 32.1. The van der Waals surface area contributed by atoms with Crippen LogP contribution in [0.3, 0.4) is 0 Å². The molecule has 98 valence electrons. The highest BCUT2D eigenvalue weighted by Gasteiger charge is 2.20. The molecule has 0 aliphatic carbocycles. The summed E-state index contributed by atoms with van der Waals surface area (Å²) in [6, 6.07) is 2.95. The predicted octanol–water partition coefficient (Wildman–Crippen LogP) is 0.784. The Morgan fingerprint density at radius 2 is 1.94 bits per heavy atom. The van der Waals surface area contributed by atoms with Crippen molar-refractivity contribution in [1.82, 2.24) is 4.90 Å². The Morgan fingerprint density at radius 3 is 2.39 bits per heavy atom. The lowest BCUT2D eigenvalue weighted by atomic mass is 10.3. The lowest BCUT2D eigenvalue weighted by Crippen LogP contribution is -2.35. The predicted molar refractivity (Wildman–Crippen MR) is 66.7 cm³/mol. The fourth-order valence-electron chi connectivity index (χ4n) is 1.43. The standard InChI is InChI=1S/C11H14N2O4S/c1-2-5-13(6-9(14)15)11(17)8-4-3-7(18-8)10(12)16/h3-4H,2,5-6H2,1H3,(H2,12,16)(H,14,15). The second-order valence-electron chi connectivity index (χ2n) is 3.65. The number of carbonyl (C=O) groups excluding carboxylic acids is 2. The van der Waals surface area contributed by atoms with E-state index in [0.29, 0.717) is 17.8 Å². The molecule has 0 bridgehead atoms. The van der Waals surface area contributed by atoms with Crippen LogP contribution in [0.2, 0.25) is 0 Å². The summed E-state index contributed by atoms with van der Waals surface area (Å²) in [7, 11) is 0. The second kappa shape index (κ2) is 6.15. The summed E-state index contributed by atoms with van der Waals surface area (Å²) >= 11 is 0.972. The van der Waals surface area contributed by atoms with E-state index in [1.807, 2.05) is 6.92 Å². The lowest BCUT2D eigenvalue weighted by molar-refractivity contribution is -0.137. The number of carboxylic acid groups (broad SMARTS) is 1. The average Bonchev–Trinajstić information content (AvgIpc) is 2.76. The summed E-state index contributed by atoms with van der Waals surface area (Å²) in [6.45, 7) is 1.86. The SMILES string of the molecule is CCCN(CC(=O)O)C(=O)c1ccc(C(N)=O)s1. The van der Waals surface area contributed by atoms with Crippen molar-refractivity contribution in [2.45, 2.75) is 13.3 Å². The molecule has 1 rings (SSSR count). The van der Waals surface area contributed by atoms with E-state index in [9.17, 15) is 14.4 Å². The summed E-state index contributed by atoms with van der Waals surface area (Å²) in [4.78, 5) is 35.5. The zero-order chi connectivity index (χ0) is 13.7. The normalized spacial score (nSPS) is 10.1. The van der Waals surface area contributed by atoms with E-state index >= 15 is 0 Å². The highest BCUT2D eigenvalue weighted by Crippen LogP contribution is 2.18. The van der Waals surface area contributed by atoms with Gasteiger partial charge >= 0.3 is 5.97 Å². The first-order chi connectivity index (χ1) is 8.45. The molecule has 1 heterocycles. The van der Waals surface area contributed by atoms with Gasteiger partial charge in [-0.05, 0) is 18.6 Å². The van der Waals surface area contributed by atoms with Gasteiger partial charge in [0.25, 0.3) is 11.8 Å². The molecular weight excluding hydrogens is 256 g/mol. The largest absolute Gasteiger partial charge is 0.480 e. The summed E-state index contributed by atoms with van der Waals surface area (Å²) in [5.41, 5.74) is 5.10. The number of carboxylic acids is 1. The number of hydrogen-bond acceptors (Lipinski definition) is 4. The van der Waals surface area contributed by atoms with Gasteiger partial charge in [0.1, 0.15) is 6.54 Å². The molecule has 0 unspecified atom stereocenters. The molecule has 0 radical (unpaired) electrons. The van der Waals surface area contributed by atoms with Crippen LogP contribution in [-0.2, 0) is 4.79 Å². The Balaban J connectivity index is 2.87. The molecule has 1 aromatic rings. The number of carbonyl (C=O) groups is 3. The minimum absolute atomic E-state index is 0.283. The monoisotopic (exact) mass is 270 g/mol. The smallest absolute Gasteiger partial charge is 0.323 e. The van der Waals surface area contributed by atoms with Crippen LogP contribution in [0.25, 0.3) is 0 Å². The van der Waals surface area contributed by atoms with Crippen LogP contribution in [0, 0.1) is 0 Å². The maximum Gasteiger partial charge on any atom is 0.323 e. The fraction of sp³-hybridized carbons (Fsp3) is 0.364. The minimum Gasteiger partial charge on any atom is -0.480 e. The van der Waals surface area contributed by atoms with Gasteiger partial charge in [-0.1, -0.05) is 6.92 Å². The van der Waals surface area contributed by atoms with Gasteiger partial charge in [-0.25, -0.2) is 0 Å². The van der Waals surface area contributed by atoms with E-state index in [2.05, 4.69) is 0 Å². The molecule has 0 atom stereocenters. The zero-order valence-electron chi connectivity index (χ0n) is 9.88. The maximum absolute atomic E-state index is 12.0. The zero-order valence-corrected chi connectivity index (χ0v) is 10.7. The Morgan fingerprint density at radius 1 is 1.33 bits per heavy atom. The van der Waals surface area contributed by atoms with E-state index < -0.39 is 17.8 Å². The topological polar surface area (TPSA) is 101 Å². The van der Waals surface area contributed by atoms with Crippen LogP contribution in [-0.4, -0.2) is 40.9 Å². The van der Waals surface area contributed by atoms with Crippen molar-refractivity contribution in [2.75, 3.05) is 13.1 Å². The van der Waals surface area contributed by atoms with Gasteiger partial charge in [-0.2, -0.15) is 0 Å². The molecule has 0 saturated heterocycles. The van der Waals surface area contributed by atoms with E-state index in [1.54, 1.807) is 0 Å². The first kappa shape index (κ1) is 14.2. The quantitative estimate of drug-likeness (QED) is 0.797. The van der Waals surface area contributed by atoms with Gasteiger partial charge in [0, 0.05) is 6.54 Å². The molecule has 2 amide bonds. The molecule has 6 nitrogen and oxygen atoms in total. The number of hydrogen-bond donors (Lipinski definition) is 2. The van der Waals surface area contributed by atoms with Gasteiger partial charge in [-0.15, -0.1) is 11.3 Å². The van der Waals surface area contributed by atoms with Gasteiger partial charge < -0.3 is 15.7 Å². The number of nitrogens with two attached hydrogens (primary N) is 1. The Bertz CT molecular complexity index is 469. The van der Waals surface area contributed by atoms with Crippen molar-refractivity contribution in [3.05, 3.63) is 21.9 Å². The van der Waals surface area contributed by atoms with Gasteiger partial charge in [0.2, 0.25) is 0 Å². The highest BCUT2D eigenvalue weighted by molar-refractivity contribution is 7.15. The van der Waals surface area contributed by atoms with Crippen molar-refractivity contribution in [3.63, 3.8) is 0 Å². The van der Waals surface area contributed by atoms with E-state index in [1.165, 1.54) is 17.0 Å². The molecule has 1 aromatic heterocycles. The van der Waals surface area contributed by atoms with Crippen LogP contribution in [0.5, 0.6) is 0 Å². The third kappa shape index (κ3) is 3.56. The summed E-state index contributed by atoms with van der Waals surface area (Å²) in [5.74, 6) is -2.06. The van der Waals surface area contributed by atoms with Crippen LogP contribution < -0.4 is 5.73 Å². The summed E-state index contributed by atoms with van der Waals surface area (Å²) in [5, 5.41) is 8.74. The molecular formula is C11H14N2O4S. The van der Waals surface area contributed by atoms with Crippen LogP contribution >= 0.6 is 11.3 Å². The summed E-state index contributed by atoms with van der Waals surface area (Å²) in [6.07, 6.45) is 0.660. The third-order valence-electron chi connectivity index (χ3n) is 2.17. The van der Waals surface area contributed by atoms with E-state index in [0.717, 1.165) is 11.3 Å².